The summed E-state index contributed by atoms with van der Waals surface area (Å²) in [4.78, 5) is 4.88. The van der Waals surface area contributed by atoms with Crippen LogP contribution in [0, 0.1) is 0 Å². The largest absolute Gasteiger partial charge is 0.310 e. The van der Waals surface area contributed by atoms with Gasteiger partial charge in [-0.15, -0.1) is 11.3 Å². The Labute approximate surface area is 446 Å². The van der Waals surface area contributed by atoms with Crippen LogP contribution in [-0.2, 0) is 5.41 Å². The summed E-state index contributed by atoms with van der Waals surface area (Å²) in [5.41, 5.74) is 16.5. The summed E-state index contributed by atoms with van der Waals surface area (Å²) in [6.07, 6.45) is 0. The molecule has 0 fully saturated rings. The molecule has 0 unspecified atom stereocenters. The van der Waals surface area contributed by atoms with E-state index in [1.54, 1.807) is 0 Å². The summed E-state index contributed by atoms with van der Waals surface area (Å²) < 4.78 is 2.66. The second-order valence-electron chi connectivity index (χ2n) is 20.8. The molecule has 0 amide bonds. The molecule has 76 heavy (non-hydrogen) atoms. The Morgan fingerprint density at radius 1 is 0.276 bits per heavy atom. The number of benzene rings is 13. The number of nitrogens with zero attached hydrogens (tertiary/aromatic N) is 2. The van der Waals surface area contributed by atoms with Gasteiger partial charge in [-0.1, -0.05) is 196 Å². The Morgan fingerprint density at radius 2 is 0.724 bits per heavy atom. The molecule has 0 spiro atoms. The van der Waals surface area contributed by atoms with Gasteiger partial charge >= 0.3 is 0 Å². The zero-order chi connectivity index (χ0) is 50.5. The van der Waals surface area contributed by atoms with E-state index in [-0.39, 0.29) is 5.41 Å². The zero-order valence-electron chi connectivity index (χ0n) is 42.2. The summed E-state index contributed by atoms with van der Waals surface area (Å²) >= 11 is 1.86. The molecule has 0 aliphatic heterocycles. The van der Waals surface area contributed by atoms with Crippen molar-refractivity contribution in [2.24, 2.45) is 0 Å². The standard InChI is InChI=1S/C73H50N2S/c1-73(2)68-45-55(37-40-63(68)64-41-38-56(46-69(64)73)75(52-17-4-3-5-18-52)70-25-14-16-50-15-6-7-19-57(50)70)74(54-36-39-62-60-22-9-8-20-58(60)59-21-10-11-23-61(59)66(62)44-54)53-34-31-48(32-35-53)47-27-29-49(30-28-47)51-33-42-72-67(43-51)65-24-12-13-26-71(65)76-72/h3-46H,1-2H3. The van der Waals surface area contributed by atoms with Crippen LogP contribution in [0.5, 0.6) is 0 Å². The minimum atomic E-state index is -0.290. The van der Waals surface area contributed by atoms with E-state index < -0.39 is 0 Å². The molecule has 0 atom stereocenters. The van der Waals surface area contributed by atoms with E-state index in [2.05, 4.69) is 291 Å². The highest BCUT2D eigenvalue weighted by molar-refractivity contribution is 7.25. The van der Waals surface area contributed by atoms with Crippen LogP contribution >= 0.6 is 11.3 Å². The number of rotatable bonds is 8. The average molecular weight is 987 g/mol. The van der Waals surface area contributed by atoms with Crippen molar-refractivity contribution in [3.05, 3.63) is 278 Å². The molecule has 3 heteroatoms. The van der Waals surface area contributed by atoms with Crippen LogP contribution < -0.4 is 9.80 Å². The summed E-state index contributed by atoms with van der Waals surface area (Å²) in [7, 11) is 0. The van der Waals surface area contributed by atoms with Gasteiger partial charge in [-0.25, -0.2) is 0 Å². The number of hydrogen-bond acceptors (Lipinski definition) is 3. The molecule has 1 aliphatic carbocycles. The number of thiophene rings is 1. The van der Waals surface area contributed by atoms with Crippen molar-refractivity contribution >= 4 is 109 Å². The Kier molecular flexibility index (Phi) is 10.1. The smallest absolute Gasteiger partial charge is 0.0540 e. The van der Waals surface area contributed by atoms with Gasteiger partial charge in [-0.2, -0.15) is 0 Å². The molecule has 0 saturated heterocycles. The zero-order valence-corrected chi connectivity index (χ0v) is 43.0. The number of anilines is 6. The number of fused-ring (bicyclic) bond motifs is 13. The fraction of sp³-hybridized carbons (Fsp3) is 0.0411. The number of para-hydroxylation sites is 1. The van der Waals surface area contributed by atoms with E-state index in [0.29, 0.717) is 0 Å². The monoisotopic (exact) mass is 986 g/mol. The highest BCUT2D eigenvalue weighted by Crippen LogP contribution is 2.53. The van der Waals surface area contributed by atoms with Crippen molar-refractivity contribution in [1.82, 2.24) is 0 Å². The van der Waals surface area contributed by atoms with Crippen molar-refractivity contribution in [3.8, 4) is 33.4 Å². The van der Waals surface area contributed by atoms with E-state index in [1.165, 1.54) is 108 Å². The Balaban J connectivity index is 0.834. The van der Waals surface area contributed by atoms with Crippen molar-refractivity contribution in [3.63, 3.8) is 0 Å². The van der Waals surface area contributed by atoms with Gasteiger partial charge in [-0.05, 0) is 167 Å². The van der Waals surface area contributed by atoms with E-state index in [0.717, 1.165) is 34.1 Å². The van der Waals surface area contributed by atoms with Crippen LogP contribution in [-0.4, -0.2) is 0 Å². The van der Waals surface area contributed by atoms with Crippen LogP contribution in [0.3, 0.4) is 0 Å². The van der Waals surface area contributed by atoms with E-state index in [1.807, 2.05) is 11.3 Å². The van der Waals surface area contributed by atoms with Gasteiger partial charge in [0.1, 0.15) is 0 Å². The van der Waals surface area contributed by atoms with Crippen molar-refractivity contribution in [1.29, 1.82) is 0 Å². The lowest BCUT2D eigenvalue weighted by Crippen LogP contribution is -2.17. The van der Waals surface area contributed by atoms with Crippen LogP contribution in [0.15, 0.2) is 267 Å². The fourth-order valence-corrected chi connectivity index (χ4v) is 13.5. The predicted octanol–water partition coefficient (Wildman–Crippen LogP) is 21.2. The van der Waals surface area contributed by atoms with E-state index >= 15 is 0 Å². The van der Waals surface area contributed by atoms with Crippen molar-refractivity contribution < 1.29 is 0 Å². The normalized spacial score (nSPS) is 12.7. The number of hydrogen-bond donors (Lipinski definition) is 0. The van der Waals surface area contributed by atoms with Gasteiger partial charge in [0.25, 0.3) is 0 Å². The highest BCUT2D eigenvalue weighted by atomic mass is 32.1. The molecule has 15 rings (SSSR count). The van der Waals surface area contributed by atoms with Gasteiger partial charge in [0.15, 0.2) is 0 Å². The third-order valence-electron chi connectivity index (χ3n) is 16.2. The quantitative estimate of drug-likeness (QED) is 0.140. The first-order valence-corrected chi connectivity index (χ1v) is 27.1. The SMILES string of the molecule is CC1(C)c2cc(N(c3ccc(-c4ccc(-c5ccc6sc7ccccc7c6c5)cc4)cc3)c3ccc4c5ccccc5c5ccccc5c4c3)ccc2-c2ccc(N(c3ccccc3)c3cccc4ccccc34)cc21. The molecule has 1 aliphatic rings. The molecule has 1 aromatic heterocycles. The van der Waals surface area contributed by atoms with E-state index in [9.17, 15) is 0 Å². The fourth-order valence-electron chi connectivity index (χ4n) is 12.4. The third kappa shape index (κ3) is 7.08. The van der Waals surface area contributed by atoms with Gasteiger partial charge < -0.3 is 9.80 Å². The van der Waals surface area contributed by atoms with Crippen LogP contribution in [0.1, 0.15) is 25.0 Å². The molecule has 0 radical (unpaired) electrons. The first-order valence-electron chi connectivity index (χ1n) is 26.3. The second kappa shape index (κ2) is 17.4. The first kappa shape index (κ1) is 44.2. The Bertz CT molecular complexity index is 4570. The molecule has 14 aromatic rings. The summed E-state index contributed by atoms with van der Waals surface area (Å²) in [6, 6.07) is 99.0. The van der Waals surface area contributed by atoms with E-state index in [4.69, 9.17) is 0 Å². The maximum absolute atomic E-state index is 2.46. The van der Waals surface area contributed by atoms with Gasteiger partial charge in [0, 0.05) is 59.4 Å². The molecular weight excluding hydrogens is 937 g/mol. The van der Waals surface area contributed by atoms with Gasteiger partial charge in [0.2, 0.25) is 0 Å². The summed E-state index contributed by atoms with van der Waals surface area (Å²) in [6.45, 7) is 4.80. The third-order valence-corrected chi connectivity index (χ3v) is 17.4. The molecular formula is C73H50N2S. The lowest BCUT2D eigenvalue weighted by Gasteiger charge is -2.30. The molecule has 358 valence electrons. The van der Waals surface area contributed by atoms with Crippen molar-refractivity contribution in [2.75, 3.05) is 9.80 Å². The second-order valence-corrected chi connectivity index (χ2v) is 21.9. The Hall–Kier alpha value is -9.28. The molecule has 2 nitrogen and oxygen atoms in total. The lowest BCUT2D eigenvalue weighted by molar-refractivity contribution is 0.660. The molecule has 0 bridgehead atoms. The Morgan fingerprint density at radius 3 is 1.39 bits per heavy atom. The maximum Gasteiger partial charge on any atom is 0.0540 e. The minimum Gasteiger partial charge on any atom is -0.310 e. The van der Waals surface area contributed by atoms with Crippen LogP contribution in [0.2, 0.25) is 0 Å². The van der Waals surface area contributed by atoms with Crippen LogP contribution in [0.4, 0.5) is 34.1 Å². The first-order chi connectivity index (χ1) is 37.4. The molecule has 1 heterocycles. The lowest BCUT2D eigenvalue weighted by atomic mass is 9.82. The highest BCUT2D eigenvalue weighted by Gasteiger charge is 2.37. The topological polar surface area (TPSA) is 6.48 Å². The molecule has 13 aromatic carbocycles. The van der Waals surface area contributed by atoms with Gasteiger partial charge in [-0.3, -0.25) is 0 Å². The minimum absolute atomic E-state index is 0.290. The molecule has 0 N–H and O–H groups in total. The van der Waals surface area contributed by atoms with Gasteiger partial charge in [0.05, 0.1) is 5.69 Å². The predicted molar refractivity (Wildman–Crippen MR) is 327 cm³/mol. The summed E-state index contributed by atoms with van der Waals surface area (Å²) in [5, 5.41) is 12.7. The van der Waals surface area contributed by atoms with Crippen LogP contribution in [0.25, 0.3) is 96.6 Å². The maximum atomic E-state index is 2.46. The molecule has 0 saturated carbocycles. The average Bonchev–Trinajstić information content (AvgIpc) is 4.04. The summed E-state index contributed by atoms with van der Waals surface area (Å²) in [5.74, 6) is 0. The van der Waals surface area contributed by atoms with Crippen molar-refractivity contribution in [2.45, 2.75) is 19.3 Å².